The van der Waals surface area contributed by atoms with Crippen molar-refractivity contribution in [2.45, 2.75) is 12.8 Å². The number of nitrogens with zero attached hydrogens (tertiary/aromatic N) is 1. The van der Waals surface area contributed by atoms with Crippen LogP contribution in [0.3, 0.4) is 0 Å². The molecule has 0 spiro atoms. The number of hydrogen-bond donors (Lipinski definition) is 1. The second-order valence-corrected chi connectivity index (χ2v) is 4.36. The summed E-state index contributed by atoms with van der Waals surface area (Å²) < 4.78 is 0. The van der Waals surface area contributed by atoms with Gasteiger partial charge in [-0.05, 0) is 12.6 Å². The monoisotopic (exact) mass is 248 g/mol. The lowest BCUT2D eigenvalue weighted by atomic mass is 10.1. The van der Waals surface area contributed by atoms with Gasteiger partial charge < -0.3 is 5.32 Å². The Morgan fingerprint density at radius 3 is 2.50 bits per heavy atom. The van der Waals surface area contributed by atoms with Crippen LogP contribution in [0.1, 0.15) is 12.0 Å². The van der Waals surface area contributed by atoms with Crippen LogP contribution >= 0.6 is 0 Å². The maximum atomic E-state index is 11.8. The number of hydrogen-bond acceptors (Lipinski definition) is 3. The molecule has 0 unspecified atom stereocenters. The first-order valence-electron chi connectivity index (χ1n) is 6.06. The molecule has 0 fully saturated rings. The van der Waals surface area contributed by atoms with E-state index >= 15 is 0 Å². The minimum atomic E-state index is -0.00245. The van der Waals surface area contributed by atoms with Gasteiger partial charge in [0.05, 0.1) is 6.54 Å². The molecular weight excluding hydrogens is 228 g/mol. The van der Waals surface area contributed by atoms with Crippen LogP contribution in [0.4, 0.5) is 0 Å². The van der Waals surface area contributed by atoms with Crippen LogP contribution in [0, 0.1) is 0 Å². The van der Waals surface area contributed by atoms with Crippen molar-refractivity contribution < 1.29 is 9.59 Å². The third-order valence-corrected chi connectivity index (χ3v) is 2.69. The van der Waals surface area contributed by atoms with Gasteiger partial charge in [-0.3, -0.25) is 14.5 Å². The number of likely N-dealkylation sites (N-methyl/N-ethyl adjacent to an activating group) is 1. The van der Waals surface area contributed by atoms with E-state index in [1.165, 1.54) is 0 Å². The summed E-state index contributed by atoms with van der Waals surface area (Å²) in [4.78, 5) is 24.7. The number of carbonyl (C=O) groups excluding carboxylic acids is 2. The first-order valence-corrected chi connectivity index (χ1v) is 6.06. The van der Waals surface area contributed by atoms with Crippen LogP contribution in [0.5, 0.6) is 0 Å². The highest BCUT2D eigenvalue weighted by molar-refractivity contribution is 5.82. The van der Waals surface area contributed by atoms with Gasteiger partial charge in [-0.15, -0.1) is 0 Å². The summed E-state index contributed by atoms with van der Waals surface area (Å²) in [5.74, 6) is 0.165. The third-order valence-electron chi connectivity index (χ3n) is 2.69. The van der Waals surface area contributed by atoms with E-state index in [-0.39, 0.29) is 11.7 Å². The molecule has 98 valence electrons. The smallest absolute Gasteiger partial charge is 0.221 e. The van der Waals surface area contributed by atoms with Crippen molar-refractivity contribution in [3.8, 4) is 0 Å². The maximum absolute atomic E-state index is 11.8. The Kier molecular flexibility index (Phi) is 6.08. The normalized spacial score (nSPS) is 10.4. The molecule has 4 nitrogen and oxygen atoms in total. The Bertz CT molecular complexity index is 390. The number of amides is 1. The Labute approximate surface area is 108 Å². The maximum Gasteiger partial charge on any atom is 0.221 e. The van der Waals surface area contributed by atoms with Crippen molar-refractivity contribution in [3.63, 3.8) is 0 Å². The topological polar surface area (TPSA) is 49.4 Å². The van der Waals surface area contributed by atoms with Gasteiger partial charge in [0.2, 0.25) is 5.91 Å². The van der Waals surface area contributed by atoms with Crippen LogP contribution in [0.2, 0.25) is 0 Å². The summed E-state index contributed by atoms with van der Waals surface area (Å²) in [5, 5.41) is 2.56. The Hall–Kier alpha value is -1.68. The number of Topliss-reactive ketones (excluding diaryl/α,β-unsaturated/α-hetero) is 1. The van der Waals surface area contributed by atoms with E-state index in [0.717, 1.165) is 5.56 Å². The average Bonchev–Trinajstić information content (AvgIpc) is 2.37. The number of rotatable bonds is 7. The van der Waals surface area contributed by atoms with Gasteiger partial charge in [0.25, 0.3) is 0 Å². The molecule has 1 rings (SSSR count). The molecule has 0 radical (unpaired) electrons. The van der Waals surface area contributed by atoms with Gasteiger partial charge in [0.1, 0.15) is 0 Å². The van der Waals surface area contributed by atoms with Crippen LogP contribution in [-0.2, 0) is 16.0 Å². The number of benzene rings is 1. The standard InChI is InChI=1S/C14H20N2O2/c1-15-14(18)8-9-16(2)11-13(17)10-12-6-4-3-5-7-12/h3-7H,8-11H2,1-2H3,(H,15,18). The van der Waals surface area contributed by atoms with Crippen molar-refractivity contribution in [1.29, 1.82) is 0 Å². The second-order valence-electron chi connectivity index (χ2n) is 4.36. The predicted molar refractivity (Wildman–Crippen MR) is 71.3 cm³/mol. The summed E-state index contributed by atoms with van der Waals surface area (Å²) >= 11 is 0. The SMILES string of the molecule is CNC(=O)CCN(C)CC(=O)Cc1ccccc1. The molecule has 0 heterocycles. The van der Waals surface area contributed by atoms with Crippen molar-refractivity contribution in [1.82, 2.24) is 10.2 Å². The third kappa shape index (κ3) is 5.59. The molecule has 18 heavy (non-hydrogen) atoms. The molecule has 0 saturated carbocycles. The molecular formula is C14H20N2O2. The fraction of sp³-hybridized carbons (Fsp3) is 0.429. The summed E-state index contributed by atoms with van der Waals surface area (Å²) in [6.45, 7) is 0.978. The molecule has 1 aromatic carbocycles. The molecule has 0 bridgehead atoms. The van der Waals surface area contributed by atoms with E-state index in [1.807, 2.05) is 42.3 Å². The molecule has 0 saturated heterocycles. The summed E-state index contributed by atoms with van der Waals surface area (Å²) in [6, 6.07) is 9.68. The van der Waals surface area contributed by atoms with Crippen LogP contribution < -0.4 is 5.32 Å². The molecule has 1 amide bonds. The molecule has 0 aliphatic heterocycles. The fourth-order valence-electron chi connectivity index (χ4n) is 1.68. The first kappa shape index (κ1) is 14.4. The average molecular weight is 248 g/mol. The minimum Gasteiger partial charge on any atom is -0.359 e. The molecule has 1 N–H and O–H groups in total. The second kappa shape index (κ2) is 7.61. The lowest BCUT2D eigenvalue weighted by Crippen LogP contribution is -2.31. The molecule has 4 heteroatoms. The Morgan fingerprint density at radius 1 is 1.22 bits per heavy atom. The molecule has 1 aromatic rings. The number of ketones is 1. The van der Waals surface area contributed by atoms with E-state index in [4.69, 9.17) is 0 Å². The van der Waals surface area contributed by atoms with Crippen molar-refractivity contribution in [2.24, 2.45) is 0 Å². The van der Waals surface area contributed by atoms with E-state index in [9.17, 15) is 9.59 Å². The van der Waals surface area contributed by atoms with Crippen LogP contribution in [0.25, 0.3) is 0 Å². The largest absolute Gasteiger partial charge is 0.359 e. The van der Waals surface area contributed by atoms with Crippen LogP contribution in [0.15, 0.2) is 30.3 Å². The zero-order chi connectivity index (χ0) is 13.4. The molecule has 0 aromatic heterocycles. The summed E-state index contributed by atoms with van der Waals surface area (Å²) in [7, 11) is 3.47. The lowest BCUT2D eigenvalue weighted by molar-refractivity contribution is -0.122. The van der Waals surface area contributed by atoms with Gasteiger partial charge in [0, 0.05) is 26.4 Å². The highest BCUT2D eigenvalue weighted by atomic mass is 16.1. The van der Waals surface area contributed by atoms with Gasteiger partial charge in [-0.1, -0.05) is 30.3 Å². The quantitative estimate of drug-likeness (QED) is 0.779. The van der Waals surface area contributed by atoms with E-state index in [0.29, 0.717) is 25.9 Å². The summed E-state index contributed by atoms with van der Waals surface area (Å²) in [6.07, 6.45) is 0.872. The fourth-order valence-corrected chi connectivity index (χ4v) is 1.68. The zero-order valence-electron chi connectivity index (χ0n) is 11.0. The van der Waals surface area contributed by atoms with Crippen molar-refractivity contribution in [3.05, 3.63) is 35.9 Å². The van der Waals surface area contributed by atoms with Crippen molar-refractivity contribution in [2.75, 3.05) is 27.2 Å². The highest BCUT2D eigenvalue weighted by Gasteiger charge is 2.08. The molecule has 0 aliphatic rings. The Morgan fingerprint density at radius 2 is 1.89 bits per heavy atom. The van der Waals surface area contributed by atoms with Crippen molar-refractivity contribution >= 4 is 11.7 Å². The van der Waals surface area contributed by atoms with Gasteiger partial charge in [-0.25, -0.2) is 0 Å². The van der Waals surface area contributed by atoms with E-state index in [2.05, 4.69) is 5.32 Å². The molecule has 0 atom stereocenters. The Balaban J connectivity index is 2.29. The zero-order valence-corrected chi connectivity index (χ0v) is 11.0. The lowest BCUT2D eigenvalue weighted by Gasteiger charge is -2.15. The van der Waals surface area contributed by atoms with Gasteiger partial charge >= 0.3 is 0 Å². The van der Waals surface area contributed by atoms with E-state index < -0.39 is 0 Å². The predicted octanol–water partition coefficient (Wildman–Crippen LogP) is 0.866. The minimum absolute atomic E-state index is 0.00245. The summed E-state index contributed by atoms with van der Waals surface area (Å²) in [5.41, 5.74) is 1.03. The van der Waals surface area contributed by atoms with Crippen LogP contribution in [-0.4, -0.2) is 43.8 Å². The first-order chi connectivity index (χ1) is 8.61. The van der Waals surface area contributed by atoms with Gasteiger partial charge in [0.15, 0.2) is 5.78 Å². The number of nitrogens with one attached hydrogen (secondary N) is 1. The molecule has 0 aliphatic carbocycles. The highest BCUT2D eigenvalue weighted by Crippen LogP contribution is 2.01. The van der Waals surface area contributed by atoms with Gasteiger partial charge in [-0.2, -0.15) is 0 Å². The van der Waals surface area contributed by atoms with E-state index in [1.54, 1.807) is 7.05 Å². The number of carbonyl (C=O) groups is 2.